The normalized spacial score (nSPS) is 12.9. The Morgan fingerprint density at radius 2 is 2.10 bits per heavy atom. The first-order chi connectivity index (χ1) is 5.02. The Morgan fingerprint density at radius 3 is 2.50 bits per heavy atom. The van der Waals surface area contributed by atoms with Gasteiger partial charge in [0.15, 0.2) is 0 Å². The third kappa shape index (κ3) is 1.56. The third-order valence-electron chi connectivity index (χ3n) is 1.43. The highest BCUT2D eigenvalue weighted by atomic mass is 14.6. The van der Waals surface area contributed by atoms with Crippen molar-refractivity contribution in [1.29, 1.82) is 0 Å². The van der Waals surface area contributed by atoms with E-state index in [-0.39, 0.29) is 5.41 Å². The minimum Gasteiger partial charge on any atom is -0.265 e. The zero-order valence-corrected chi connectivity index (χ0v) is 6.68. The molecule has 0 aliphatic heterocycles. The van der Waals surface area contributed by atoms with Gasteiger partial charge in [0.2, 0.25) is 0 Å². The highest BCUT2D eigenvalue weighted by Gasteiger charge is 2.11. The van der Waals surface area contributed by atoms with Crippen LogP contribution in [0.1, 0.15) is 27.7 Å². The zero-order chi connectivity index (χ0) is 8.48. The molecular weight excluding hydrogens is 122 g/mol. The first-order valence-electron chi connectivity index (χ1n) is 3.93. The maximum Gasteiger partial charge on any atom is 0.0642 e. The van der Waals surface area contributed by atoms with Crippen molar-refractivity contribution in [2.24, 2.45) is 0 Å². The first-order valence-corrected chi connectivity index (χ1v) is 3.43. The Hall–Kier alpha value is -0.850. The van der Waals surface area contributed by atoms with E-state index in [1.165, 1.54) is 0 Å². The molecule has 0 N–H and O–H groups in total. The SMILES string of the molecule is [2H]c1cnccc1C(C)(C)C. The molecule has 0 unspecified atom stereocenters. The molecule has 0 atom stereocenters. The minimum absolute atomic E-state index is 0.0556. The lowest BCUT2D eigenvalue weighted by molar-refractivity contribution is 0.589. The van der Waals surface area contributed by atoms with E-state index in [1.54, 1.807) is 12.4 Å². The van der Waals surface area contributed by atoms with Gasteiger partial charge in [0.05, 0.1) is 1.37 Å². The van der Waals surface area contributed by atoms with Crippen molar-refractivity contribution in [3.05, 3.63) is 30.1 Å². The molecule has 0 spiro atoms. The summed E-state index contributed by atoms with van der Waals surface area (Å²) in [6.45, 7) is 6.29. The maximum absolute atomic E-state index is 7.56. The highest BCUT2D eigenvalue weighted by Crippen LogP contribution is 2.20. The summed E-state index contributed by atoms with van der Waals surface area (Å²) in [5.41, 5.74) is 1.10. The Labute approximate surface area is 63.5 Å². The summed E-state index contributed by atoms with van der Waals surface area (Å²) < 4.78 is 7.56. The molecular formula is C9H13N. The molecule has 1 heteroatoms. The smallest absolute Gasteiger partial charge is 0.0642 e. The summed E-state index contributed by atoms with van der Waals surface area (Å²) in [4.78, 5) is 3.87. The van der Waals surface area contributed by atoms with Gasteiger partial charge >= 0.3 is 0 Å². The molecule has 0 radical (unpaired) electrons. The molecule has 0 saturated heterocycles. The lowest BCUT2D eigenvalue weighted by Crippen LogP contribution is -2.10. The van der Waals surface area contributed by atoms with Gasteiger partial charge in [-0.2, -0.15) is 0 Å². The summed E-state index contributed by atoms with van der Waals surface area (Å²) >= 11 is 0. The number of aromatic nitrogens is 1. The van der Waals surface area contributed by atoms with Gasteiger partial charge < -0.3 is 0 Å². The zero-order valence-electron chi connectivity index (χ0n) is 7.68. The van der Waals surface area contributed by atoms with Crippen LogP contribution in [-0.4, -0.2) is 4.98 Å². The number of nitrogens with zero attached hydrogens (tertiary/aromatic N) is 1. The van der Waals surface area contributed by atoms with Gasteiger partial charge in [-0.05, 0) is 23.1 Å². The van der Waals surface area contributed by atoms with Gasteiger partial charge in [-0.15, -0.1) is 0 Å². The highest BCUT2D eigenvalue weighted by molar-refractivity contribution is 5.18. The molecule has 54 valence electrons. The Kier molecular flexibility index (Phi) is 1.42. The van der Waals surface area contributed by atoms with E-state index in [0.29, 0.717) is 6.04 Å². The van der Waals surface area contributed by atoms with Crippen molar-refractivity contribution in [3.8, 4) is 0 Å². The molecule has 0 amide bonds. The lowest BCUT2D eigenvalue weighted by atomic mass is 9.88. The van der Waals surface area contributed by atoms with Gasteiger partial charge in [-0.25, -0.2) is 0 Å². The molecule has 0 saturated carbocycles. The van der Waals surface area contributed by atoms with Crippen LogP contribution in [0.3, 0.4) is 0 Å². The predicted molar refractivity (Wildman–Crippen MR) is 42.9 cm³/mol. The topological polar surface area (TPSA) is 12.9 Å². The van der Waals surface area contributed by atoms with Crippen LogP contribution in [0.4, 0.5) is 0 Å². The molecule has 1 heterocycles. The quantitative estimate of drug-likeness (QED) is 0.533. The van der Waals surface area contributed by atoms with Crippen LogP contribution in [0.5, 0.6) is 0 Å². The van der Waals surface area contributed by atoms with E-state index < -0.39 is 0 Å². The summed E-state index contributed by atoms with van der Waals surface area (Å²) in [6, 6.07) is 2.43. The van der Waals surface area contributed by atoms with E-state index >= 15 is 0 Å². The molecule has 1 aromatic rings. The molecule has 0 aliphatic carbocycles. The Bertz CT molecular complexity index is 250. The lowest BCUT2D eigenvalue weighted by Gasteiger charge is -2.17. The maximum atomic E-state index is 7.56. The molecule has 1 aromatic heterocycles. The summed E-state index contributed by atoms with van der Waals surface area (Å²) in [5.74, 6) is 0. The van der Waals surface area contributed by atoms with Gasteiger partial charge in [-0.3, -0.25) is 4.98 Å². The predicted octanol–water partition coefficient (Wildman–Crippen LogP) is 2.38. The van der Waals surface area contributed by atoms with E-state index in [4.69, 9.17) is 1.37 Å². The molecule has 10 heavy (non-hydrogen) atoms. The van der Waals surface area contributed by atoms with Crippen LogP contribution in [0.15, 0.2) is 24.5 Å². The van der Waals surface area contributed by atoms with Crippen LogP contribution in [0, 0.1) is 0 Å². The van der Waals surface area contributed by atoms with Crippen molar-refractivity contribution < 1.29 is 1.37 Å². The average molecular weight is 136 g/mol. The average Bonchev–Trinajstić information content (AvgIpc) is 1.86. The second-order valence-corrected chi connectivity index (χ2v) is 3.40. The van der Waals surface area contributed by atoms with Crippen LogP contribution >= 0.6 is 0 Å². The van der Waals surface area contributed by atoms with E-state index in [0.717, 1.165) is 5.56 Å². The largest absolute Gasteiger partial charge is 0.265 e. The van der Waals surface area contributed by atoms with Crippen molar-refractivity contribution in [3.63, 3.8) is 0 Å². The summed E-state index contributed by atoms with van der Waals surface area (Å²) in [5, 5.41) is 0. The Morgan fingerprint density at radius 1 is 1.40 bits per heavy atom. The van der Waals surface area contributed by atoms with E-state index in [9.17, 15) is 0 Å². The fourth-order valence-corrected chi connectivity index (χ4v) is 0.782. The van der Waals surface area contributed by atoms with Crippen LogP contribution in [0.2, 0.25) is 0 Å². The molecule has 0 aromatic carbocycles. The van der Waals surface area contributed by atoms with Crippen molar-refractivity contribution in [2.45, 2.75) is 26.2 Å². The monoisotopic (exact) mass is 136 g/mol. The second-order valence-electron chi connectivity index (χ2n) is 3.40. The molecule has 1 nitrogen and oxygen atoms in total. The standard InChI is InChI=1S/C9H13N/c1-9(2,3)8-4-6-10-7-5-8/h4-7H,1-3H3/i4D. The fourth-order valence-electron chi connectivity index (χ4n) is 0.782. The van der Waals surface area contributed by atoms with Crippen LogP contribution in [-0.2, 0) is 5.41 Å². The van der Waals surface area contributed by atoms with Gasteiger partial charge in [0.1, 0.15) is 0 Å². The van der Waals surface area contributed by atoms with Gasteiger partial charge in [-0.1, -0.05) is 20.8 Å². The number of hydrogen-bond acceptors (Lipinski definition) is 1. The number of hydrogen-bond donors (Lipinski definition) is 0. The third-order valence-corrected chi connectivity index (χ3v) is 1.43. The second kappa shape index (κ2) is 2.41. The molecule has 1 rings (SSSR count). The van der Waals surface area contributed by atoms with Gasteiger partial charge in [0.25, 0.3) is 0 Å². The van der Waals surface area contributed by atoms with E-state index in [1.807, 2.05) is 6.07 Å². The van der Waals surface area contributed by atoms with Gasteiger partial charge in [0, 0.05) is 12.4 Å². The van der Waals surface area contributed by atoms with Crippen molar-refractivity contribution in [1.82, 2.24) is 4.98 Å². The summed E-state index contributed by atoms with van der Waals surface area (Å²) in [6.07, 6.45) is 3.32. The van der Waals surface area contributed by atoms with Crippen molar-refractivity contribution >= 4 is 0 Å². The molecule has 0 fully saturated rings. The fraction of sp³-hybridized carbons (Fsp3) is 0.444. The first kappa shape index (κ1) is 5.90. The van der Waals surface area contributed by atoms with E-state index in [2.05, 4.69) is 25.8 Å². The molecule has 0 aliphatic rings. The van der Waals surface area contributed by atoms with Crippen molar-refractivity contribution in [2.75, 3.05) is 0 Å². The number of rotatable bonds is 0. The minimum atomic E-state index is 0.0556. The summed E-state index contributed by atoms with van der Waals surface area (Å²) in [7, 11) is 0. The van der Waals surface area contributed by atoms with Crippen LogP contribution < -0.4 is 0 Å². The van der Waals surface area contributed by atoms with Crippen LogP contribution in [0.25, 0.3) is 0 Å². The molecule has 0 bridgehead atoms. The number of pyridine rings is 1. The Balaban J connectivity index is 3.14.